The molecule has 1 amide bonds. The molecule has 38 heavy (non-hydrogen) atoms. The zero-order chi connectivity index (χ0) is 26.5. The molecule has 5 rings (SSSR count). The lowest BCUT2D eigenvalue weighted by molar-refractivity contribution is 0.0696. The number of amides is 1. The molecular weight excluding hydrogens is 484 g/mol. The molecule has 1 unspecified atom stereocenters. The van der Waals surface area contributed by atoms with E-state index in [2.05, 4.69) is 38.9 Å². The standard InChI is InChI=1S/C28H34N6O4/c1-3-28(9-11-35)17-31-25-21(28)14-19(16-30-25)22-6-10-29-27(33-22)34-23-5-4-18(15-24(23)37-2)26(36)32-20-7-12-38-13-8-20/h4-6,10,14-16,20,35H,3,7-9,11-13,17H2,1-2H3,(H,30,31)(H,32,36)(H,29,33,34). The van der Waals surface area contributed by atoms with Crippen LogP contribution < -0.4 is 20.7 Å². The second-order valence-corrected chi connectivity index (χ2v) is 9.75. The van der Waals surface area contributed by atoms with Crippen molar-refractivity contribution in [2.45, 2.75) is 44.1 Å². The van der Waals surface area contributed by atoms with E-state index < -0.39 is 0 Å². The highest BCUT2D eigenvalue weighted by atomic mass is 16.5. The summed E-state index contributed by atoms with van der Waals surface area (Å²) < 4.78 is 10.9. The number of benzene rings is 1. The van der Waals surface area contributed by atoms with Crippen LogP contribution in [0, 0.1) is 0 Å². The Labute approximate surface area is 222 Å². The fourth-order valence-corrected chi connectivity index (χ4v) is 5.17. The Morgan fingerprint density at radius 1 is 1.24 bits per heavy atom. The summed E-state index contributed by atoms with van der Waals surface area (Å²) >= 11 is 0. The number of carbonyl (C=O) groups excluding carboxylic acids is 1. The second kappa shape index (κ2) is 11.3. The third-order valence-corrected chi connectivity index (χ3v) is 7.54. The summed E-state index contributed by atoms with van der Waals surface area (Å²) in [4.78, 5) is 26.5. The van der Waals surface area contributed by atoms with Crippen LogP contribution in [0.4, 0.5) is 17.5 Å². The van der Waals surface area contributed by atoms with E-state index in [0.717, 1.165) is 48.4 Å². The van der Waals surface area contributed by atoms with Crippen LogP contribution in [0.5, 0.6) is 5.75 Å². The first-order valence-electron chi connectivity index (χ1n) is 13.1. The fraction of sp³-hybridized carbons (Fsp3) is 0.429. The molecule has 0 bridgehead atoms. The van der Waals surface area contributed by atoms with Gasteiger partial charge in [-0.2, -0.15) is 0 Å². The Morgan fingerprint density at radius 3 is 2.84 bits per heavy atom. The third-order valence-electron chi connectivity index (χ3n) is 7.54. The summed E-state index contributed by atoms with van der Waals surface area (Å²) in [6.07, 6.45) is 6.70. The molecule has 2 aromatic heterocycles. The van der Waals surface area contributed by atoms with Gasteiger partial charge in [0.15, 0.2) is 0 Å². The minimum Gasteiger partial charge on any atom is -0.495 e. The number of carbonyl (C=O) groups is 1. The second-order valence-electron chi connectivity index (χ2n) is 9.75. The molecule has 0 spiro atoms. The van der Waals surface area contributed by atoms with Crippen molar-refractivity contribution < 1.29 is 19.4 Å². The number of pyridine rings is 1. The number of fused-ring (bicyclic) bond motifs is 1. The van der Waals surface area contributed by atoms with E-state index in [1.54, 1.807) is 37.7 Å². The van der Waals surface area contributed by atoms with Crippen molar-refractivity contribution in [3.63, 3.8) is 0 Å². The van der Waals surface area contributed by atoms with Gasteiger partial charge in [-0.15, -0.1) is 0 Å². The molecule has 200 valence electrons. The van der Waals surface area contributed by atoms with Gasteiger partial charge >= 0.3 is 0 Å². The quantitative estimate of drug-likeness (QED) is 0.335. The first kappa shape index (κ1) is 25.9. The molecule has 2 aliphatic heterocycles. The summed E-state index contributed by atoms with van der Waals surface area (Å²) in [6.45, 7) is 4.35. The molecule has 0 saturated carbocycles. The molecule has 1 aromatic carbocycles. The van der Waals surface area contributed by atoms with Crippen LogP contribution in [0.1, 0.15) is 48.5 Å². The van der Waals surface area contributed by atoms with Crippen LogP contribution in [0.15, 0.2) is 42.7 Å². The van der Waals surface area contributed by atoms with Crippen LogP contribution in [0.25, 0.3) is 11.3 Å². The van der Waals surface area contributed by atoms with Crippen molar-refractivity contribution >= 4 is 23.4 Å². The number of hydrogen-bond donors (Lipinski definition) is 4. The third kappa shape index (κ3) is 5.27. The molecule has 10 nitrogen and oxygen atoms in total. The largest absolute Gasteiger partial charge is 0.495 e. The number of aromatic nitrogens is 3. The average Bonchev–Trinajstić information content (AvgIpc) is 3.32. The lowest BCUT2D eigenvalue weighted by Gasteiger charge is -2.27. The van der Waals surface area contributed by atoms with Gasteiger partial charge in [-0.3, -0.25) is 4.79 Å². The van der Waals surface area contributed by atoms with Crippen molar-refractivity contribution in [2.24, 2.45) is 0 Å². The van der Waals surface area contributed by atoms with Crippen LogP contribution in [0.3, 0.4) is 0 Å². The van der Waals surface area contributed by atoms with Crippen molar-refractivity contribution in [2.75, 3.05) is 44.1 Å². The smallest absolute Gasteiger partial charge is 0.251 e. The number of aliphatic hydroxyl groups excluding tert-OH is 1. The maximum absolute atomic E-state index is 12.8. The first-order valence-corrected chi connectivity index (χ1v) is 13.1. The Balaban J connectivity index is 1.35. The van der Waals surface area contributed by atoms with Crippen molar-refractivity contribution in [3.8, 4) is 17.0 Å². The molecule has 0 aliphatic carbocycles. The number of methoxy groups -OCH3 is 1. The fourth-order valence-electron chi connectivity index (χ4n) is 5.17. The van der Waals surface area contributed by atoms with Crippen LogP contribution >= 0.6 is 0 Å². The Kier molecular flexibility index (Phi) is 7.71. The minimum absolute atomic E-state index is 0.117. The molecular formula is C28H34N6O4. The highest BCUT2D eigenvalue weighted by molar-refractivity contribution is 5.95. The van der Waals surface area contributed by atoms with Gasteiger partial charge in [0.05, 0.1) is 18.5 Å². The molecule has 10 heteroatoms. The molecule has 1 atom stereocenters. The van der Waals surface area contributed by atoms with Gasteiger partial charge in [-0.25, -0.2) is 15.0 Å². The number of ether oxygens (including phenoxy) is 2. The Bertz CT molecular complexity index is 1290. The lowest BCUT2D eigenvalue weighted by Crippen LogP contribution is -2.38. The van der Waals surface area contributed by atoms with E-state index in [4.69, 9.17) is 14.5 Å². The number of hydrogen-bond acceptors (Lipinski definition) is 9. The number of rotatable bonds is 9. The number of aliphatic hydroxyl groups is 1. The Hall–Kier alpha value is -3.76. The molecule has 0 radical (unpaired) electrons. The zero-order valence-electron chi connectivity index (χ0n) is 21.8. The summed E-state index contributed by atoms with van der Waals surface area (Å²) in [6, 6.07) is 9.33. The number of nitrogens with one attached hydrogen (secondary N) is 3. The number of anilines is 3. The van der Waals surface area contributed by atoms with E-state index in [0.29, 0.717) is 42.6 Å². The van der Waals surface area contributed by atoms with E-state index in [1.165, 1.54) is 0 Å². The lowest BCUT2D eigenvalue weighted by atomic mass is 9.77. The highest BCUT2D eigenvalue weighted by Gasteiger charge is 2.38. The van der Waals surface area contributed by atoms with Crippen LogP contribution in [-0.2, 0) is 10.2 Å². The first-order chi connectivity index (χ1) is 18.5. The van der Waals surface area contributed by atoms with Crippen LogP contribution in [0.2, 0.25) is 0 Å². The summed E-state index contributed by atoms with van der Waals surface area (Å²) in [5.74, 6) is 1.64. The molecule has 3 aromatic rings. The van der Waals surface area contributed by atoms with Crippen molar-refractivity contribution in [1.82, 2.24) is 20.3 Å². The predicted octanol–water partition coefficient (Wildman–Crippen LogP) is 3.66. The topological polar surface area (TPSA) is 131 Å². The monoisotopic (exact) mass is 518 g/mol. The summed E-state index contributed by atoms with van der Waals surface area (Å²) in [5, 5.41) is 19.3. The SMILES string of the molecule is CCC1(CCO)CNc2ncc(-c3ccnc(Nc4ccc(C(=O)NC5CCOCC5)cc4OC)n3)cc21. The zero-order valence-corrected chi connectivity index (χ0v) is 21.8. The minimum atomic E-state index is -0.145. The van der Waals surface area contributed by atoms with Gasteiger partial charge in [0.2, 0.25) is 5.95 Å². The van der Waals surface area contributed by atoms with Crippen molar-refractivity contribution in [1.29, 1.82) is 0 Å². The molecule has 4 heterocycles. The van der Waals surface area contributed by atoms with E-state index in [1.807, 2.05) is 6.07 Å². The molecule has 1 fully saturated rings. The highest BCUT2D eigenvalue weighted by Crippen LogP contribution is 2.42. The van der Waals surface area contributed by atoms with E-state index >= 15 is 0 Å². The molecule has 2 aliphatic rings. The number of nitrogens with zero attached hydrogens (tertiary/aromatic N) is 3. The summed E-state index contributed by atoms with van der Waals surface area (Å²) in [7, 11) is 1.56. The van der Waals surface area contributed by atoms with Gasteiger partial charge in [-0.1, -0.05) is 6.92 Å². The molecule has 1 saturated heterocycles. The maximum Gasteiger partial charge on any atom is 0.251 e. The van der Waals surface area contributed by atoms with Crippen LogP contribution in [-0.4, -0.2) is 65.5 Å². The molecule has 4 N–H and O–H groups in total. The maximum atomic E-state index is 12.8. The van der Waals surface area contributed by atoms with Crippen molar-refractivity contribution in [3.05, 3.63) is 53.9 Å². The summed E-state index contributed by atoms with van der Waals surface area (Å²) in [5.41, 5.74) is 3.74. The van der Waals surface area contributed by atoms with Gasteiger partial charge < -0.3 is 30.5 Å². The van der Waals surface area contributed by atoms with E-state index in [-0.39, 0.29) is 24.0 Å². The van der Waals surface area contributed by atoms with Gasteiger partial charge in [0, 0.05) is 66.9 Å². The predicted molar refractivity (Wildman–Crippen MR) is 145 cm³/mol. The normalized spacial score (nSPS) is 18.9. The van der Waals surface area contributed by atoms with Gasteiger partial charge in [0.25, 0.3) is 5.91 Å². The van der Waals surface area contributed by atoms with Gasteiger partial charge in [-0.05, 0) is 56.0 Å². The average molecular weight is 519 g/mol. The Morgan fingerprint density at radius 2 is 2.08 bits per heavy atom. The van der Waals surface area contributed by atoms with Gasteiger partial charge in [0.1, 0.15) is 11.6 Å². The van der Waals surface area contributed by atoms with E-state index in [9.17, 15) is 9.90 Å².